The average molecular weight is 382 g/mol. The minimum Gasteiger partial charge on any atom is -0.497 e. The van der Waals surface area contributed by atoms with Crippen molar-refractivity contribution in [2.45, 2.75) is 6.92 Å². The number of H-pyrrole nitrogens is 1. The van der Waals surface area contributed by atoms with E-state index in [9.17, 15) is 0 Å². The van der Waals surface area contributed by atoms with Crippen molar-refractivity contribution in [2.24, 2.45) is 0 Å². The molecule has 0 aliphatic rings. The van der Waals surface area contributed by atoms with Crippen molar-refractivity contribution in [3.63, 3.8) is 0 Å². The Morgan fingerprint density at radius 2 is 1.55 bits per heavy atom. The van der Waals surface area contributed by atoms with E-state index in [-0.39, 0.29) is 0 Å². The lowest BCUT2D eigenvalue weighted by molar-refractivity contribution is 0.414. The molecule has 0 saturated heterocycles. The molecule has 0 atom stereocenters. The first kappa shape index (κ1) is 17.2. The van der Waals surface area contributed by atoms with Crippen LogP contribution in [0, 0.1) is 6.92 Å². The highest BCUT2D eigenvalue weighted by Crippen LogP contribution is 2.26. The van der Waals surface area contributed by atoms with Crippen LogP contribution in [-0.4, -0.2) is 27.2 Å². The summed E-state index contributed by atoms with van der Waals surface area (Å²) in [4.78, 5) is 12.6. The maximum Gasteiger partial charge on any atom is 0.258 e. The predicted octanol–water partition coefficient (Wildman–Crippen LogP) is 5.26. The van der Waals surface area contributed by atoms with E-state index in [0.717, 1.165) is 39.3 Å². The Hall–Kier alpha value is -3.93. The number of hydrogen-bond acceptors (Lipinski definition) is 5. The Bertz CT molecular complexity index is 1280. The third-order valence-corrected chi connectivity index (χ3v) is 4.82. The molecule has 0 bridgehead atoms. The number of aromatic amines is 1. The lowest BCUT2D eigenvalue weighted by Gasteiger charge is -1.99. The van der Waals surface area contributed by atoms with Crippen LogP contribution in [0.15, 0.2) is 71.3 Å². The van der Waals surface area contributed by atoms with Gasteiger partial charge in [-0.3, -0.25) is 0 Å². The minimum atomic E-state index is 0.472. The summed E-state index contributed by atoms with van der Waals surface area (Å²) in [6.07, 6.45) is 0. The summed E-state index contributed by atoms with van der Waals surface area (Å²) in [5.41, 5.74) is 5.91. The van der Waals surface area contributed by atoms with E-state index >= 15 is 0 Å². The predicted molar refractivity (Wildman–Crippen MR) is 112 cm³/mol. The summed E-state index contributed by atoms with van der Waals surface area (Å²) in [5, 5.41) is 4.11. The molecule has 0 radical (unpaired) electrons. The van der Waals surface area contributed by atoms with Crippen LogP contribution in [0.5, 0.6) is 5.75 Å². The number of ether oxygens (including phenoxy) is 1. The summed E-state index contributed by atoms with van der Waals surface area (Å²) >= 11 is 0. The van der Waals surface area contributed by atoms with Crippen molar-refractivity contribution in [3.05, 3.63) is 72.3 Å². The third kappa shape index (κ3) is 3.25. The Kier molecular flexibility index (Phi) is 4.09. The van der Waals surface area contributed by atoms with E-state index in [1.807, 2.05) is 48.5 Å². The summed E-state index contributed by atoms with van der Waals surface area (Å²) in [7, 11) is 1.63. The number of methoxy groups -OCH3 is 1. The Morgan fingerprint density at radius 3 is 2.31 bits per heavy atom. The molecular formula is C23H18N4O2. The molecule has 0 amide bonds. The van der Waals surface area contributed by atoms with Gasteiger partial charge in [-0.2, -0.15) is 4.98 Å². The van der Waals surface area contributed by atoms with Gasteiger partial charge in [0.2, 0.25) is 5.82 Å². The molecule has 6 heteroatoms. The zero-order chi connectivity index (χ0) is 19.8. The van der Waals surface area contributed by atoms with Gasteiger partial charge in [0.05, 0.1) is 18.1 Å². The Labute approximate surface area is 167 Å². The van der Waals surface area contributed by atoms with Crippen molar-refractivity contribution in [1.29, 1.82) is 0 Å². The molecule has 5 rings (SSSR count). The van der Waals surface area contributed by atoms with Crippen molar-refractivity contribution < 1.29 is 9.26 Å². The smallest absolute Gasteiger partial charge is 0.258 e. The minimum absolute atomic E-state index is 0.472. The summed E-state index contributed by atoms with van der Waals surface area (Å²) in [5.74, 6) is 2.64. The van der Waals surface area contributed by atoms with Gasteiger partial charge in [-0.05, 0) is 48.9 Å². The molecular weight excluding hydrogens is 364 g/mol. The van der Waals surface area contributed by atoms with E-state index in [1.54, 1.807) is 7.11 Å². The van der Waals surface area contributed by atoms with Crippen LogP contribution >= 0.6 is 0 Å². The van der Waals surface area contributed by atoms with Crippen molar-refractivity contribution >= 4 is 11.0 Å². The maximum atomic E-state index is 5.42. The lowest BCUT2D eigenvalue weighted by atomic mass is 10.1. The quantitative estimate of drug-likeness (QED) is 0.458. The Morgan fingerprint density at radius 1 is 0.828 bits per heavy atom. The molecule has 142 valence electrons. The molecule has 1 N–H and O–H groups in total. The SMILES string of the molecule is COc1ccc(-c2nc(-c3ccc(-c4nc5cc(C)ccc5[nH]4)cc3)no2)cc1. The second-order valence-corrected chi connectivity index (χ2v) is 6.84. The van der Waals surface area contributed by atoms with Crippen LogP contribution in [0.2, 0.25) is 0 Å². The van der Waals surface area contributed by atoms with Gasteiger partial charge >= 0.3 is 0 Å². The van der Waals surface area contributed by atoms with Gasteiger partial charge in [-0.1, -0.05) is 35.5 Å². The lowest BCUT2D eigenvalue weighted by Crippen LogP contribution is -1.84. The molecule has 0 aliphatic heterocycles. The van der Waals surface area contributed by atoms with E-state index in [2.05, 4.69) is 45.2 Å². The fraction of sp³-hybridized carbons (Fsp3) is 0.0870. The maximum absolute atomic E-state index is 5.42. The highest BCUT2D eigenvalue weighted by Gasteiger charge is 2.12. The topological polar surface area (TPSA) is 76.8 Å². The second kappa shape index (κ2) is 6.91. The molecule has 29 heavy (non-hydrogen) atoms. The van der Waals surface area contributed by atoms with Crippen LogP contribution in [0.4, 0.5) is 0 Å². The van der Waals surface area contributed by atoms with Crippen LogP contribution in [0.1, 0.15) is 5.56 Å². The van der Waals surface area contributed by atoms with Gasteiger partial charge in [0, 0.05) is 16.7 Å². The largest absolute Gasteiger partial charge is 0.497 e. The number of aromatic nitrogens is 4. The molecule has 6 nitrogen and oxygen atoms in total. The molecule has 0 saturated carbocycles. The first-order valence-electron chi connectivity index (χ1n) is 9.25. The molecule has 3 aromatic carbocycles. The summed E-state index contributed by atoms with van der Waals surface area (Å²) in [6.45, 7) is 2.06. The number of nitrogens with zero attached hydrogens (tertiary/aromatic N) is 3. The van der Waals surface area contributed by atoms with Gasteiger partial charge in [-0.25, -0.2) is 4.98 Å². The number of benzene rings is 3. The van der Waals surface area contributed by atoms with Crippen molar-refractivity contribution in [2.75, 3.05) is 7.11 Å². The van der Waals surface area contributed by atoms with Gasteiger partial charge in [0.25, 0.3) is 5.89 Å². The fourth-order valence-corrected chi connectivity index (χ4v) is 3.22. The van der Waals surface area contributed by atoms with Crippen molar-refractivity contribution in [3.8, 4) is 40.0 Å². The van der Waals surface area contributed by atoms with Gasteiger partial charge in [0.15, 0.2) is 0 Å². The van der Waals surface area contributed by atoms with E-state index in [4.69, 9.17) is 9.26 Å². The zero-order valence-electron chi connectivity index (χ0n) is 16.0. The fourth-order valence-electron chi connectivity index (χ4n) is 3.22. The normalized spacial score (nSPS) is 11.1. The number of rotatable bonds is 4. The molecule has 0 spiro atoms. The second-order valence-electron chi connectivity index (χ2n) is 6.84. The van der Waals surface area contributed by atoms with E-state index < -0.39 is 0 Å². The van der Waals surface area contributed by atoms with Crippen LogP contribution < -0.4 is 4.74 Å². The van der Waals surface area contributed by atoms with Crippen LogP contribution in [-0.2, 0) is 0 Å². The first-order chi connectivity index (χ1) is 14.2. The summed E-state index contributed by atoms with van der Waals surface area (Å²) in [6, 6.07) is 21.7. The van der Waals surface area contributed by atoms with Gasteiger partial charge in [0.1, 0.15) is 11.6 Å². The molecule has 2 aromatic heterocycles. The number of fused-ring (bicyclic) bond motifs is 1. The van der Waals surface area contributed by atoms with Crippen LogP contribution in [0.25, 0.3) is 45.3 Å². The highest BCUT2D eigenvalue weighted by molar-refractivity contribution is 5.80. The molecule has 2 heterocycles. The monoisotopic (exact) mass is 382 g/mol. The number of nitrogens with one attached hydrogen (secondary N) is 1. The standard InChI is InChI=1S/C23H18N4O2/c1-14-3-12-19-20(13-14)25-21(24-19)15-4-6-16(7-5-15)22-26-23(29-27-22)17-8-10-18(28-2)11-9-17/h3-13H,1-2H3,(H,24,25). The van der Waals surface area contributed by atoms with Gasteiger partial charge in [-0.15, -0.1) is 0 Å². The number of imidazole rings is 1. The van der Waals surface area contributed by atoms with Crippen LogP contribution in [0.3, 0.4) is 0 Å². The molecule has 0 fully saturated rings. The zero-order valence-corrected chi connectivity index (χ0v) is 16.0. The average Bonchev–Trinajstić information content (AvgIpc) is 3.41. The summed E-state index contributed by atoms with van der Waals surface area (Å²) < 4.78 is 10.6. The van der Waals surface area contributed by atoms with E-state index in [1.165, 1.54) is 5.56 Å². The molecule has 0 aliphatic carbocycles. The van der Waals surface area contributed by atoms with Gasteiger partial charge < -0.3 is 14.2 Å². The molecule has 5 aromatic rings. The first-order valence-corrected chi connectivity index (χ1v) is 9.25. The van der Waals surface area contributed by atoms with E-state index in [0.29, 0.717) is 11.7 Å². The number of hydrogen-bond donors (Lipinski definition) is 1. The number of aryl methyl sites for hydroxylation is 1. The third-order valence-electron chi connectivity index (χ3n) is 4.82. The Balaban J connectivity index is 1.41. The molecule has 0 unspecified atom stereocenters. The highest BCUT2D eigenvalue weighted by atomic mass is 16.5. The van der Waals surface area contributed by atoms with Crippen molar-refractivity contribution in [1.82, 2.24) is 20.1 Å².